The third-order valence-corrected chi connectivity index (χ3v) is 4.93. The molecule has 1 fully saturated rings. The Bertz CT molecular complexity index is 610. The normalized spacial score (nSPS) is 19.8. The Hall–Kier alpha value is -1.31. The van der Waals surface area contributed by atoms with Gasteiger partial charge in [0.25, 0.3) is 0 Å². The van der Waals surface area contributed by atoms with Crippen LogP contribution >= 0.6 is 11.6 Å². The van der Waals surface area contributed by atoms with Crippen LogP contribution in [0.4, 0.5) is 13.2 Å². The highest BCUT2D eigenvalue weighted by molar-refractivity contribution is 6.31. The third kappa shape index (κ3) is 5.87. The van der Waals surface area contributed by atoms with Gasteiger partial charge < -0.3 is 5.11 Å². The van der Waals surface area contributed by atoms with Crippen LogP contribution in [0.5, 0.6) is 0 Å². The Morgan fingerprint density at radius 3 is 2.72 bits per heavy atom. The Balaban J connectivity index is 2.01. The van der Waals surface area contributed by atoms with E-state index >= 15 is 0 Å². The lowest BCUT2D eigenvalue weighted by Crippen LogP contribution is -2.36. The van der Waals surface area contributed by atoms with E-state index in [1.807, 2.05) is 4.90 Å². The zero-order valence-corrected chi connectivity index (χ0v) is 14.8. The van der Waals surface area contributed by atoms with Crippen molar-refractivity contribution in [3.05, 3.63) is 34.3 Å². The standard InChI is InChI=1S/C17H22ClF3N2O2/c1-22(11-16(24)25)14-3-2-7-23(8-6-14)10-12-9-13(17(19,20)21)4-5-15(12)18/h4-5,9,14H,2-3,6-8,10-11H2,1H3,(H,24,25). The number of likely N-dealkylation sites (tertiary alicyclic amines) is 1. The number of hydrogen-bond donors (Lipinski definition) is 1. The summed E-state index contributed by atoms with van der Waals surface area (Å²) in [6, 6.07) is 3.56. The molecule has 0 amide bonds. The second-order valence-corrected chi connectivity index (χ2v) is 6.88. The molecular formula is C17H22ClF3N2O2. The molecule has 1 saturated heterocycles. The number of likely N-dealkylation sites (N-methyl/N-ethyl adjacent to an activating group) is 1. The van der Waals surface area contributed by atoms with E-state index in [0.717, 1.165) is 37.9 Å². The number of halogens is 4. The molecule has 1 aliphatic rings. The Kier molecular flexibility index (Phi) is 6.71. The number of alkyl halides is 3. The van der Waals surface area contributed by atoms with Gasteiger partial charge in [-0.15, -0.1) is 0 Å². The molecule has 25 heavy (non-hydrogen) atoms. The molecule has 0 aromatic heterocycles. The van der Waals surface area contributed by atoms with Gasteiger partial charge in [0.2, 0.25) is 0 Å². The SMILES string of the molecule is CN(CC(=O)O)C1CCCN(Cc2cc(C(F)(F)F)ccc2Cl)CC1. The largest absolute Gasteiger partial charge is 0.480 e. The average molecular weight is 379 g/mol. The van der Waals surface area contributed by atoms with Crippen LogP contribution < -0.4 is 0 Å². The van der Waals surface area contributed by atoms with E-state index in [1.54, 1.807) is 7.05 Å². The summed E-state index contributed by atoms with van der Waals surface area (Å²) in [4.78, 5) is 14.7. The van der Waals surface area contributed by atoms with Gasteiger partial charge in [-0.2, -0.15) is 13.2 Å². The number of carboxylic acid groups (broad SMARTS) is 1. The molecule has 8 heteroatoms. The van der Waals surface area contributed by atoms with Crippen molar-refractivity contribution in [3.63, 3.8) is 0 Å². The topological polar surface area (TPSA) is 43.8 Å². The van der Waals surface area contributed by atoms with Crippen molar-refractivity contribution >= 4 is 17.6 Å². The lowest BCUT2D eigenvalue weighted by molar-refractivity contribution is -0.139. The minimum atomic E-state index is -4.39. The van der Waals surface area contributed by atoms with E-state index in [0.29, 0.717) is 23.7 Å². The molecule has 1 aromatic carbocycles. The fourth-order valence-electron chi connectivity index (χ4n) is 3.19. The highest BCUT2D eigenvalue weighted by atomic mass is 35.5. The molecule has 1 atom stereocenters. The van der Waals surface area contributed by atoms with Crippen LogP contribution in [-0.2, 0) is 17.5 Å². The lowest BCUT2D eigenvalue weighted by atomic mass is 10.1. The number of carbonyl (C=O) groups is 1. The van der Waals surface area contributed by atoms with Crippen LogP contribution in [0.25, 0.3) is 0 Å². The molecular weight excluding hydrogens is 357 g/mol. The van der Waals surface area contributed by atoms with Crippen LogP contribution in [0.1, 0.15) is 30.4 Å². The monoisotopic (exact) mass is 378 g/mol. The van der Waals surface area contributed by atoms with Crippen molar-refractivity contribution in [2.45, 2.75) is 38.0 Å². The van der Waals surface area contributed by atoms with Crippen LogP contribution in [0.2, 0.25) is 5.02 Å². The first-order valence-corrected chi connectivity index (χ1v) is 8.54. The van der Waals surface area contributed by atoms with Gasteiger partial charge in [0.15, 0.2) is 0 Å². The van der Waals surface area contributed by atoms with Crippen molar-refractivity contribution in [1.82, 2.24) is 9.80 Å². The number of hydrogen-bond acceptors (Lipinski definition) is 3. The highest BCUT2D eigenvalue weighted by Gasteiger charge is 2.31. The highest BCUT2D eigenvalue weighted by Crippen LogP contribution is 2.32. The minimum Gasteiger partial charge on any atom is -0.480 e. The molecule has 1 aliphatic heterocycles. The van der Waals surface area contributed by atoms with E-state index in [4.69, 9.17) is 16.7 Å². The maximum absolute atomic E-state index is 12.9. The van der Waals surface area contributed by atoms with Crippen molar-refractivity contribution in [1.29, 1.82) is 0 Å². The van der Waals surface area contributed by atoms with E-state index < -0.39 is 17.7 Å². The molecule has 2 rings (SSSR count). The first-order chi connectivity index (χ1) is 11.7. The van der Waals surface area contributed by atoms with Crippen LogP contribution in [0, 0.1) is 0 Å². The first kappa shape index (κ1) is 20.0. The van der Waals surface area contributed by atoms with Gasteiger partial charge in [0, 0.05) is 17.6 Å². The van der Waals surface area contributed by atoms with E-state index in [1.165, 1.54) is 6.07 Å². The van der Waals surface area contributed by atoms with Crippen LogP contribution in [0.3, 0.4) is 0 Å². The summed E-state index contributed by atoms with van der Waals surface area (Å²) in [6.45, 7) is 1.80. The molecule has 140 valence electrons. The fourth-order valence-corrected chi connectivity index (χ4v) is 3.37. The summed E-state index contributed by atoms with van der Waals surface area (Å²) < 4.78 is 38.6. The molecule has 1 N–H and O–H groups in total. The molecule has 1 aromatic rings. The maximum atomic E-state index is 12.9. The van der Waals surface area contributed by atoms with Crippen molar-refractivity contribution < 1.29 is 23.1 Å². The minimum absolute atomic E-state index is 0.00980. The van der Waals surface area contributed by atoms with Crippen molar-refractivity contribution in [3.8, 4) is 0 Å². The zero-order valence-electron chi connectivity index (χ0n) is 14.0. The second kappa shape index (κ2) is 8.38. The third-order valence-electron chi connectivity index (χ3n) is 4.57. The van der Waals surface area contributed by atoms with Crippen molar-refractivity contribution in [2.75, 3.05) is 26.7 Å². The van der Waals surface area contributed by atoms with E-state index in [-0.39, 0.29) is 12.6 Å². The summed E-state index contributed by atoms with van der Waals surface area (Å²) in [5, 5.41) is 9.23. The summed E-state index contributed by atoms with van der Waals surface area (Å²) >= 11 is 6.08. The first-order valence-electron chi connectivity index (χ1n) is 8.17. The van der Waals surface area contributed by atoms with E-state index in [2.05, 4.69) is 4.90 Å². The molecule has 0 spiro atoms. The number of aliphatic carboxylic acids is 1. The van der Waals surface area contributed by atoms with Gasteiger partial charge in [0.1, 0.15) is 0 Å². The Morgan fingerprint density at radius 2 is 2.08 bits per heavy atom. The lowest BCUT2D eigenvalue weighted by Gasteiger charge is -2.25. The summed E-state index contributed by atoms with van der Waals surface area (Å²) in [7, 11) is 1.79. The maximum Gasteiger partial charge on any atom is 0.416 e. The summed E-state index contributed by atoms with van der Waals surface area (Å²) in [5.74, 6) is -0.862. The zero-order chi connectivity index (χ0) is 18.6. The van der Waals surface area contributed by atoms with Gasteiger partial charge in [-0.3, -0.25) is 14.6 Å². The van der Waals surface area contributed by atoms with Gasteiger partial charge >= 0.3 is 12.1 Å². The predicted molar refractivity (Wildman–Crippen MR) is 89.6 cm³/mol. The smallest absolute Gasteiger partial charge is 0.416 e. The number of rotatable bonds is 5. The van der Waals surface area contributed by atoms with Crippen molar-refractivity contribution in [2.24, 2.45) is 0 Å². The van der Waals surface area contributed by atoms with Crippen LogP contribution in [-0.4, -0.2) is 53.6 Å². The number of nitrogens with zero attached hydrogens (tertiary/aromatic N) is 2. The van der Waals surface area contributed by atoms with Gasteiger partial charge in [-0.25, -0.2) is 0 Å². The molecule has 4 nitrogen and oxygen atoms in total. The molecule has 0 bridgehead atoms. The van der Waals surface area contributed by atoms with Gasteiger partial charge in [-0.05, 0) is 63.2 Å². The molecule has 1 heterocycles. The Labute approximate surface area is 150 Å². The molecule has 1 unspecified atom stereocenters. The van der Waals surface area contributed by atoms with E-state index in [9.17, 15) is 18.0 Å². The number of carboxylic acids is 1. The number of benzene rings is 1. The molecule has 0 radical (unpaired) electrons. The van der Waals surface area contributed by atoms with Gasteiger partial charge in [0.05, 0.1) is 12.1 Å². The van der Waals surface area contributed by atoms with Gasteiger partial charge in [-0.1, -0.05) is 11.6 Å². The summed E-state index contributed by atoms with van der Waals surface area (Å²) in [6.07, 6.45) is -1.87. The van der Waals surface area contributed by atoms with Crippen LogP contribution in [0.15, 0.2) is 18.2 Å². The fraction of sp³-hybridized carbons (Fsp3) is 0.588. The molecule has 0 aliphatic carbocycles. The predicted octanol–water partition coefficient (Wildman–Crippen LogP) is 3.73. The molecule has 0 saturated carbocycles. The Morgan fingerprint density at radius 1 is 1.36 bits per heavy atom. The second-order valence-electron chi connectivity index (χ2n) is 6.47. The quantitative estimate of drug-likeness (QED) is 0.848. The average Bonchev–Trinajstić information content (AvgIpc) is 2.73. The summed E-state index contributed by atoms with van der Waals surface area (Å²) in [5.41, 5.74) is -0.227.